The molecule has 0 saturated carbocycles. The second-order valence-electron chi connectivity index (χ2n) is 6.42. The van der Waals surface area contributed by atoms with Gasteiger partial charge in [0, 0.05) is 38.8 Å². The average Bonchev–Trinajstić information content (AvgIpc) is 2.73. The van der Waals surface area contributed by atoms with Crippen molar-refractivity contribution in [1.29, 1.82) is 0 Å². The van der Waals surface area contributed by atoms with Crippen LogP contribution in [0, 0.1) is 0 Å². The zero-order valence-corrected chi connectivity index (χ0v) is 19.7. The second kappa shape index (κ2) is 13.8. The van der Waals surface area contributed by atoms with Gasteiger partial charge in [0.1, 0.15) is 5.75 Å². The summed E-state index contributed by atoms with van der Waals surface area (Å²) < 4.78 is 5.20. The molecule has 29 heavy (non-hydrogen) atoms. The molecule has 0 unspecified atom stereocenters. The molecule has 158 valence electrons. The van der Waals surface area contributed by atoms with Crippen molar-refractivity contribution in [2.24, 2.45) is 4.99 Å². The molecule has 0 bridgehead atoms. The van der Waals surface area contributed by atoms with E-state index in [9.17, 15) is 4.79 Å². The molecular weight excluding hydrogens is 479 g/mol. The lowest BCUT2D eigenvalue weighted by molar-refractivity contribution is 0.0953. The number of amides is 1. The predicted molar refractivity (Wildman–Crippen MR) is 129 cm³/mol. The fraction of sp³-hybridized carbons (Fsp3) is 0.364. The Labute approximate surface area is 190 Å². The van der Waals surface area contributed by atoms with Crippen LogP contribution >= 0.6 is 24.0 Å². The van der Waals surface area contributed by atoms with Gasteiger partial charge in [0.2, 0.25) is 0 Å². The van der Waals surface area contributed by atoms with Gasteiger partial charge >= 0.3 is 0 Å². The molecule has 0 aromatic heterocycles. The Hall–Kier alpha value is -2.29. The van der Waals surface area contributed by atoms with Gasteiger partial charge in [-0.25, -0.2) is 0 Å². The minimum atomic E-state index is -0.0480. The SMILES string of the molecule is CCNC(=NCCCNC(=O)c1ccccc1)N(C)Cc1ccc(OC)cc1.I. The fourth-order valence-electron chi connectivity index (χ4n) is 2.71. The number of carbonyl (C=O) groups is 1. The molecule has 0 aliphatic heterocycles. The van der Waals surface area contributed by atoms with Crippen LogP contribution < -0.4 is 15.4 Å². The summed E-state index contributed by atoms with van der Waals surface area (Å²) in [6.45, 7) is 4.84. The highest BCUT2D eigenvalue weighted by Crippen LogP contribution is 2.12. The lowest BCUT2D eigenvalue weighted by atomic mass is 10.2. The van der Waals surface area contributed by atoms with Gasteiger partial charge in [0.05, 0.1) is 7.11 Å². The van der Waals surface area contributed by atoms with Gasteiger partial charge in [0.15, 0.2) is 5.96 Å². The molecule has 0 fully saturated rings. The maximum atomic E-state index is 12.0. The predicted octanol–water partition coefficient (Wildman–Crippen LogP) is 3.53. The third-order valence-corrected chi connectivity index (χ3v) is 4.19. The lowest BCUT2D eigenvalue weighted by Crippen LogP contribution is -2.38. The van der Waals surface area contributed by atoms with E-state index in [1.54, 1.807) is 7.11 Å². The second-order valence-corrected chi connectivity index (χ2v) is 6.42. The van der Waals surface area contributed by atoms with Gasteiger partial charge in [-0.2, -0.15) is 0 Å². The summed E-state index contributed by atoms with van der Waals surface area (Å²) >= 11 is 0. The Balaban J connectivity index is 0.00000420. The number of benzene rings is 2. The summed E-state index contributed by atoms with van der Waals surface area (Å²) in [5.74, 6) is 1.66. The van der Waals surface area contributed by atoms with E-state index in [1.807, 2.05) is 49.5 Å². The number of aliphatic imine (C=N–C) groups is 1. The van der Waals surface area contributed by atoms with Gasteiger partial charge in [-0.3, -0.25) is 9.79 Å². The summed E-state index contributed by atoms with van der Waals surface area (Å²) in [6, 6.07) is 17.3. The number of carbonyl (C=O) groups excluding carboxylic acids is 1. The Morgan fingerprint density at radius 3 is 2.38 bits per heavy atom. The number of methoxy groups -OCH3 is 1. The van der Waals surface area contributed by atoms with Crippen molar-refractivity contribution < 1.29 is 9.53 Å². The van der Waals surface area contributed by atoms with E-state index in [1.165, 1.54) is 5.56 Å². The molecule has 7 heteroatoms. The highest BCUT2D eigenvalue weighted by atomic mass is 127. The van der Waals surface area contributed by atoms with Crippen molar-refractivity contribution in [1.82, 2.24) is 15.5 Å². The Morgan fingerprint density at radius 1 is 1.07 bits per heavy atom. The Kier molecular flexibility index (Phi) is 11.8. The molecule has 0 spiro atoms. The molecule has 2 aromatic rings. The smallest absolute Gasteiger partial charge is 0.251 e. The van der Waals surface area contributed by atoms with Crippen molar-refractivity contribution in [2.75, 3.05) is 33.8 Å². The normalized spacial score (nSPS) is 10.7. The van der Waals surface area contributed by atoms with E-state index in [0.29, 0.717) is 18.7 Å². The van der Waals surface area contributed by atoms with Crippen LogP contribution in [0.15, 0.2) is 59.6 Å². The molecule has 0 radical (unpaired) electrons. The number of ether oxygens (including phenoxy) is 1. The van der Waals surface area contributed by atoms with E-state index >= 15 is 0 Å². The number of nitrogens with one attached hydrogen (secondary N) is 2. The Morgan fingerprint density at radius 2 is 1.76 bits per heavy atom. The molecule has 1 amide bonds. The molecule has 0 heterocycles. The van der Waals surface area contributed by atoms with Crippen LogP contribution in [0.4, 0.5) is 0 Å². The number of hydrogen-bond donors (Lipinski definition) is 2. The van der Waals surface area contributed by atoms with Gasteiger partial charge in [-0.1, -0.05) is 30.3 Å². The summed E-state index contributed by atoms with van der Waals surface area (Å²) in [4.78, 5) is 18.8. The molecule has 0 saturated heterocycles. The topological polar surface area (TPSA) is 66.0 Å². The molecule has 2 N–H and O–H groups in total. The maximum absolute atomic E-state index is 12.0. The highest BCUT2D eigenvalue weighted by molar-refractivity contribution is 14.0. The zero-order valence-electron chi connectivity index (χ0n) is 17.4. The van der Waals surface area contributed by atoms with Crippen LogP contribution in [0.2, 0.25) is 0 Å². The first-order valence-electron chi connectivity index (χ1n) is 9.59. The molecule has 0 aliphatic carbocycles. The molecule has 0 atom stereocenters. The van der Waals surface area contributed by atoms with Crippen LogP contribution in [-0.4, -0.2) is 50.6 Å². The minimum Gasteiger partial charge on any atom is -0.497 e. The van der Waals surface area contributed by atoms with Gasteiger partial charge < -0.3 is 20.3 Å². The summed E-state index contributed by atoms with van der Waals surface area (Å²) in [5, 5.41) is 6.25. The maximum Gasteiger partial charge on any atom is 0.251 e. The van der Waals surface area contributed by atoms with Crippen LogP contribution in [0.1, 0.15) is 29.3 Å². The third kappa shape index (κ3) is 8.72. The third-order valence-electron chi connectivity index (χ3n) is 4.19. The van der Waals surface area contributed by atoms with E-state index in [4.69, 9.17) is 4.74 Å². The van der Waals surface area contributed by atoms with Crippen molar-refractivity contribution in [3.05, 3.63) is 65.7 Å². The monoisotopic (exact) mass is 510 g/mol. The molecular formula is C22H31IN4O2. The number of guanidine groups is 1. The van der Waals surface area contributed by atoms with Crippen LogP contribution in [0.25, 0.3) is 0 Å². The van der Waals surface area contributed by atoms with E-state index in [0.717, 1.165) is 31.2 Å². The lowest BCUT2D eigenvalue weighted by Gasteiger charge is -2.22. The molecule has 0 aliphatic rings. The molecule has 2 rings (SSSR count). The van der Waals surface area contributed by atoms with E-state index in [-0.39, 0.29) is 29.9 Å². The first kappa shape index (κ1) is 24.7. The van der Waals surface area contributed by atoms with E-state index in [2.05, 4.69) is 39.6 Å². The summed E-state index contributed by atoms with van der Waals surface area (Å²) in [7, 11) is 3.68. The first-order chi connectivity index (χ1) is 13.6. The van der Waals surface area contributed by atoms with Gasteiger partial charge in [-0.15, -0.1) is 24.0 Å². The number of hydrogen-bond acceptors (Lipinski definition) is 3. The standard InChI is InChI=1S/C22H30N4O2.HI/c1-4-23-22(26(2)17-18-11-13-20(28-3)14-12-18)25-16-8-15-24-21(27)19-9-6-5-7-10-19;/h5-7,9-14H,4,8,15-17H2,1-3H3,(H,23,25)(H,24,27);1H. The molecule has 2 aromatic carbocycles. The largest absolute Gasteiger partial charge is 0.497 e. The van der Waals surface area contributed by atoms with Gasteiger partial charge in [-0.05, 0) is 43.2 Å². The van der Waals surface area contributed by atoms with Crippen molar-refractivity contribution in [2.45, 2.75) is 19.9 Å². The Bertz CT molecular complexity index is 751. The van der Waals surface area contributed by atoms with Crippen LogP contribution in [0.5, 0.6) is 5.75 Å². The first-order valence-corrected chi connectivity index (χ1v) is 9.59. The van der Waals surface area contributed by atoms with Gasteiger partial charge in [0.25, 0.3) is 5.91 Å². The average molecular weight is 510 g/mol. The van der Waals surface area contributed by atoms with Crippen LogP contribution in [-0.2, 0) is 6.54 Å². The van der Waals surface area contributed by atoms with Crippen molar-refractivity contribution >= 4 is 35.8 Å². The van der Waals surface area contributed by atoms with Crippen molar-refractivity contribution in [3.63, 3.8) is 0 Å². The number of halogens is 1. The van der Waals surface area contributed by atoms with E-state index < -0.39 is 0 Å². The summed E-state index contributed by atoms with van der Waals surface area (Å²) in [6.07, 6.45) is 0.782. The van der Waals surface area contributed by atoms with Crippen molar-refractivity contribution in [3.8, 4) is 5.75 Å². The quantitative estimate of drug-likeness (QED) is 0.235. The zero-order chi connectivity index (χ0) is 20.2. The number of rotatable bonds is 9. The fourth-order valence-corrected chi connectivity index (χ4v) is 2.71. The van der Waals surface area contributed by atoms with Crippen LogP contribution in [0.3, 0.4) is 0 Å². The molecule has 6 nitrogen and oxygen atoms in total. The summed E-state index contributed by atoms with van der Waals surface area (Å²) in [5.41, 5.74) is 1.86. The highest BCUT2D eigenvalue weighted by Gasteiger charge is 2.07. The number of nitrogens with zero attached hydrogens (tertiary/aromatic N) is 2. The minimum absolute atomic E-state index is 0.